The zero-order chi connectivity index (χ0) is 22.3. The molecule has 0 radical (unpaired) electrons. The average molecular weight is 453 g/mol. The summed E-state index contributed by atoms with van der Waals surface area (Å²) in [6, 6.07) is 12.2. The second kappa shape index (κ2) is 10.5. The molecule has 31 heavy (non-hydrogen) atoms. The summed E-state index contributed by atoms with van der Waals surface area (Å²) in [5.74, 6) is -0.782. The van der Waals surface area contributed by atoms with Crippen LogP contribution in [-0.4, -0.2) is 51.6 Å². The molecule has 0 atom stereocenters. The van der Waals surface area contributed by atoms with Gasteiger partial charge in [-0.15, -0.1) is 0 Å². The number of ether oxygens (including phenoxy) is 3. The van der Waals surface area contributed by atoms with Crippen molar-refractivity contribution in [3.63, 3.8) is 0 Å². The standard InChI is InChI=1S/C21H21F2NO6S/c22-21(23)30-19-7-2-1-5-17(19)8-9-20(25)29-15-16-4-3-6-18(14-16)31(26,27)24-10-12-28-13-11-24/h1-9,14,21H,10-13,15H2/b9-8+. The summed E-state index contributed by atoms with van der Waals surface area (Å²) < 4.78 is 66.4. The highest BCUT2D eigenvalue weighted by atomic mass is 32.2. The third-order valence-electron chi connectivity index (χ3n) is 4.42. The molecule has 0 aromatic heterocycles. The minimum absolute atomic E-state index is 0.0671. The quantitative estimate of drug-likeness (QED) is 0.451. The van der Waals surface area contributed by atoms with E-state index in [-0.39, 0.29) is 30.3 Å². The Hall–Kier alpha value is -2.82. The van der Waals surface area contributed by atoms with Crippen molar-refractivity contribution < 1.29 is 36.2 Å². The SMILES string of the molecule is O=C(/C=C/c1ccccc1OC(F)F)OCc1cccc(S(=O)(=O)N2CCOCC2)c1. The molecule has 3 rings (SSSR count). The van der Waals surface area contributed by atoms with Gasteiger partial charge in [0.1, 0.15) is 12.4 Å². The molecule has 0 aliphatic carbocycles. The molecular weight excluding hydrogens is 432 g/mol. The lowest BCUT2D eigenvalue weighted by Crippen LogP contribution is -2.40. The van der Waals surface area contributed by atoms with Crippen LogP contribution < -0.4 is 4.74 Å². The highest BCUT2D eigenvalue weighted by molar-refractivity contribution is 7.89. The van der Waals surface area contributed by atoms with Gasteiger partial charge in [0, 0.05) is 24.7 Å². The highest BCUT2D eigenvalue weighted by Crippen LogP contribution is 2.22. The van der Waals surface area contributed by atoms with E-state index in [0.717, 1.165) is 6.08 Å². The molecule has 0 unspecified atom stereocenters. The Morgan fingerprint density at radius 1 is 1.13 bits per heavy atom. The van der Waals surface area contributed by atoms with Crippen LogP contribution in [0, 0.1) is 0 Å². The molecule has 0 amide bonds. The predicted octanol–water partition coefficient (Wildman–Crippen LogP) is 3.07. The number of carbonyl (C=O) groups is 1. The lowest BCUT2D eigenvalue weighted by Gasteiger charge is -2.26. The smallest absolute Gasteiger partial charge is 0.387 e. The predicted molar refractivity (Wildman–Crippen MR) is 108 cm³/mol. The summed E-state index contributed by atoms with van der Waals surface area (Å²) in [4.78, 5) is 12.1. The summed E-state index contributed by atoms with van der Waals surface area (Å²) in [7, 11) is -3.66. The van der Waals surface area contributed by atoms with Crippen molar-refractivity contribution in [1.29, 1.82) is 0 Å². The van der Waals surface area contributed by atoms with E-state index in [4.69, 9.17) is 9.47 Å². The molecule has 1 aliphatic rings. The first kappa shape index (κ1) is 22.9. The number of sulfonamides is 1. The van der Waals surface area contributed by atoms with Gasteiger partial charge in [-0.2, -0.15) is 13.1 Å². The maximum absolute atomic E-state index is 12.7. The minimum Gasteiger partial charge on any atom is -0.458 e. The molecular formula is C21H21F2NO6S. The topological polar surface area (TPSA) is 82.1 Å². The summed E-state index contributed by atoms with van der Waals surface area (Å²) in [5.41, 5.74) is 0.788. The van der Waals surface area contributed by atoms with Crippen molar-refractivity contribution in [3.05, 3.63) is 65.7 Å². The first-order chi connectivity index (χ1) is 14.9. The Morgan fingerprint density at radius 2 is 1.87 bits per heavy atom. The lowest BCUT2D eigenvalue weighted by molar-refractivity contribution is -0.138. The number of hydrogen-bond donors (Lipinski definition) is 0. The second-order valence-electron chi connectivity index (χ2n) is 6.52. The van der Waals surface area contributed by atoms with E-state index in [1.165, 1.54) is 40.7 Å². The van der Waals surface area contributed by atoms with Gasteiger partial charge in [0.25, 0.3) is 0 Å². The van der Waals surface area contributed by atoms with Gasteiger partial charge < -0.3 is 14.2 Å². The number of hydrogen-bond acceptors (Lipinski definition) is 6. The number of morpholine rings is 1. The van der Waals surface area contributed by atoms with E-state index in [9.17, 15) is 22.0 Å². The Balaban J connectivity index is 1.62. The van der Waals surface area contributed by atoms with Crippen LogP contribution >= 0.6 is 0 Å². The average Bonchev–Trinajstić information content (AvgIpc) is 2.77. The van der Waals surface area contributed by atoms with Gasteiger partial charge in [-0.3, -0.25) is 0 Å². The molecule has 0 saturated carbocycles. The number of para-hydroxylation sites is 1. The monoisotopic (exact) mass is 453 g/mol. The summed E-state index contributed by atoms with van der Waals surface area (Å²) in [5, 5.41) is 0. The number of rotatable bonds is 8. The van der Waals surface area contributed by atoms with Crippen LogP contribution in [0.1, 0.15) is 11.1 Å². The zero-order valence-corrected chi connectivity index (χ0v) is 17.3. The van der Waals surface area contributed by atoms with Gasteiger partial charge >= 0.3 is 12.6 Å². The van der Waals surface area contributed by atoms with Crippen LogP contribution in [0.15, 0.2) is 59.5 Å². The van der Waals surface area contributed by atoms with Crippen LogP contribution in [0.25, 0.3) is 6.08 Å². The summed E-state index contributed by atoms with van der Waals surface area (Å²) in [6.45, 7) is -1.89. The van der Waals surface area contributed by atoms with Crippen molar-refractivity contribution in [3.8, 4) is 5.75 Å². The molecule has 1 heterocycles. The fourth-order valence-electron chi connectivity index (χ4n) is 2.91. The third kappa shape index (κ3) is 6.33. The molecule has 1 aliphatic heterocycles. The van der Waals surface area contributed by atoms with Crippen molar-refractivity contribution in [1.82, 2.24) is 4.31 Å². The fraction of sp³-hybridized carbons (Fsp3) is 0.286. The van der Waals surface area contributed by atoms with E-state index in [1.54, 1.807) is 18.2 Å². The highest BCUT2D eigenvalue weighted by Gasteiger charge is 2.26. The number of nitrogens with zero attached hydrogens (tertiary/aromatic N) is 1. The number of alkyl halides is 2. The number of benzene rings is 2. The Kier molecular flexibility index (Phi) is 7.72. The van der Waals surface area contributed by atoms with Gasteiger partial charge in [-0.1, -0.05) is 30.3 Å². The van der Waals surface area contributed by atoms with Gasteiger partial charge in [-0.25, -0.2) is 13.2 Å². The van der Waals surface area contributed by atoms with E-state index in [1.807, 2.05) is 0 Å². The van der Waals surface area contributed by atoms with Crippen molar-refractivity contribution in [2.75, 3.05) is 26.3 Å². The molecule has 166 valence electrons. The van der Waals surface area contributed by atoms with Crippen LogP contribution in [0.2, 0.25) is 0 Å². The number of carbonyl (C=O) groups excluding carboxylic acids is 1. The first-order valence-corrected chi connectivity index (χ1v) is 10.9. The van der Waals surface area contributed by atoms with E-state index < -0.39 is 22.6 Å². The van der Waals surface area contributed by atoms with E-state index >= 15 is 0 Å². The maximum atomic E-state index is 12.7. The Morgan fingerprint density at radius 3 is 2.61 bits per heavy atom. The number of halogens is 2. The van der Waals surface area contributed by atoms with Crippen LogP contribution in [0.5, 0.6) is 5.75 Å². The largest absolute Gasteiger partial charge is 0.458 e. The van der Waals surface area contributed by atoms with E-state index in [2.05, 4.69) is 4.74 Å². The number of esters is 1. The van der Waals surface area contributed by atoms with Crippen molar-refractivity contribution in [2.45, 2.75) is 18.1 Å². The molecule has 2 aromatic rings. The van der Waals surface area contributed by atoms with Gasteiger partial charge in [0.2, 0.25) is 10.0 Å². The van der Waals surface area contributed by atoms with Gasteiger partial charge in [-0.05, 0) is 29.8 Å². The summed E-state index contributed by atoms with van der Waals surface area (Å²) in [6.07, 6.45) is 2.39. The first-order valence-electron chi connectivity index (χ1n) is 9.42. The normalized spacial score (nSPS) is 15.3. The van der Waals surface area contributed by atoms with Crippen LogP contribution in [0.4, 0.5) is 8.78 Å². The van der Waals surface area contributed by atoms with Crippen molar-refractivity contribution in [2.24, 2.45) is 0 Å². The Labute approximate surface area is 178 Å². The second-order valence-corrected chi connectivity index (χ2v) is 8.46. The molecule has 0 N–H and O–H groups in total. The van der Waals surface area contributed by atoms with Gasteiger partial charge in [0.15, 0.2) is 0 Å². The van der Waals surface area contributed by atoms with E-state index in [0.29, 0.717) is 24.3 Å². The van der Waals surface area contributed by atoms with Gasteiger partial charge in [0.05, 0.1) is 18.1 Å². The Bertz CT molecular complexity index is 1040. The molecule has 0 spiro atoms. The third-order valence-corrected chi connectivity index (χ3v) is 6.32. The molecule has 2 aromatic carbocycles. The minimum atomic E-state index is -3.66. The molecule has 0 bridgehead atoms. The summed E-state index contributed by atoms with van der Waals surface area (Å²) >= 11 is 0. The van der Waals surface area contributed by atoms with Crippen LogP contribution in [-0.2, 0) is 30.9 Å². The molecule has 10 heteroatoms. The molecule has 1 fully saturated rings. The molecule has 1 saturated heterocycles. The fourth-order valence-corrected chi connectivity index (χ4v) is 4.39. The maximum Gasteiger partial charge on any atom is 0.387 e. The van der Waals surface area contributed by atoms with Crippen LogP contribution in [0.3, 0.4) is 0 Å². The molecule has 7 nitrogen and oxygen atoms in total. The zero-order valence-electron chi connectivity index (χ0n) is 16.4. The lowest BCUT2D eigenvalue weighted by atomic mass is 10.2. The van der Waals surface area contributed by atoms with Crippen molar-refractivity contribution >= 4 is 22.1 Å².